The van der Waals surface area contributed by atoms with Crippen molar-refractivity contribution in [3.63, 3.8) is 0 Å². The third kappa shape index (κ3) is 5.39. The summed E-state index contributed by atoms with van der Waals surface area (Å²) in [5.41, 5.74) is 0.445. The Morgan fingerprint density at radius 3 is 2.56 bits per heavy atom. The van der Waals surface area contributed by atoms with E-state index < -0.39 is 0 Å². The average Bonchev–Trinajstić information content (AvgIpc) is 3.09. The van der Waals surface area contributed by atoms with Crippen LogP contribution in [0.4, 0.5) is 0 Å². The molecule has 3 rings (SSSR count). The molecule has 7 heteroatoms. The Kier molecular flexibility index (Phi) is 6.66. The van der Waals surface area contributed by atoms with Crippen LogP contribution >= 0.6 is 50.7 Å². The molecular formula is C20H12BrCl3O3. The molecular weight excluding hydrogens is 474 g/mol. The Morgan fingerprint density at radius 2 is 1.81 bits per heavy atom. The van der Waals surface area contributed by atoms with Crippen LogP contribution in [0.3, 0.4) is 0 Å². The van der Waals surface area contributed by atoms with Crippen molar-refractivity contribution in [3.05, 3.63) is 91.2 Å². The number of allylic oxidation sites excluding steroid dienone is 1. The standard InChI is InChI=1S/C20H12BrCl3O3/c21-13-2-8-20(18(24)10-13)26-11-15-4-3-14(27-15)5-7-19(25)12-1-6-16(22)17(23)9-12/h1-10H,11H2/b7-5+. The van der Waals surface area contributed by atoms with Gasteiger partial charge in [-0.3, -0.25) is 4.79 Å². The van der Waals surface area contributed by atoms with Gasteiger partial charge in [-0.05, 0) is 60.7 Å². The molecule has 138 valence electrons. The van der Waals surface area contributed by atoms with Gasteiger partial charge < -0.3 is 9.15 Å². The number of benzene rings is 2. The summed E-state index contributed by atoms with van der Waals surface area (Å²) >= 11 is 21.2. The topological polar surface area (TPSA) is 39.4 Å². The average molecular weight is 487 g/mol. The monoisotopic (exact) mass is 484 g/mol. The fourth-order valence-electron chi connectivity index (χ4n) is 2.21. The largest absolute Gasteiger partial charge is 0.484 e. The highest BCUT2D eigenvalue weighted by Crippen LogP contribution is 2.28. The Balaban J connectivity index is 1.62. The molecule has 0 saturated heterocycles. The van der Waals surface area contributed by atoms with Crippen molar-refractivity contribution < 1.29 is 13.9 Å². The summed E-state index contributed by atoms with van der Waals surface area (Å²) in [6.45, 7) is 0.218. The lowest BCUT2D eigenvalue weighted by molar-refractivity contribution is 0.104. The highest BCUT2D eigenvalue weighted by molar-refractivity contribution is 9.10. The van der Waals surface area contributed by atoms with Crippen LogP contribution in [0.1, 0.15) is 21.9 Å². The summed E-state index contributed by atoms with van der Waals surface area (Å²) < 4.78 is 12.2. The minimum absolute atomic E-state index is 0.204. The van der Waals surface area contributed by atoms with E-state index in [2.05, 4.69) is 15.9 Å². The lowest BCUT2D eigenvalue weighted by atomic mass is 10.1. The van der Waals surface area contributed by atoms with Gasteiger partial charge in [0.05, 0.1) is 15.1 Å². The van der Waals surface area contributed by atoms with Gasteiger partial charge in [-0.2, -0.15) is 0 Å². The highest BCUT2D eigenvalue weighted by Gasteiger charge is 2.07. The Hall–Kier alpha value is -1.72. The van der Waals surface area contributed by atoms with Crippen LogP contribution in [0.5, 0.6) is 5.75 Å². The molecule has 3 nitrogen and oxygen atoms in total. The molecule has 0 amide bonds. The quantitative estimate of drug-likeness (QED) is 0.268. The number of furan rings is 1. The molecule has 0 aliphatic carbocycles. The minimum Gasteiger partial charge on any atom is -0.484 e. The Morgan fingerprint density at radius 1 is 1.00 bits per heavy atom. The van der Waals surface area contributed by atoms with Crippen molar-refractivity contribution in [2.45, 2.75) is 6.61 Å². The Labute approximate surface area is 179 Å². The van der Waals surface area contributed by atoms with Gasteiger partial charge in [-0.15, -0.1) is 0 Å². The summed E-state index contributed by atoms with van der Waals surface area (Å²) in [5, 5.41) is 1.24. The molecule has 27 heavy (non-hydrogen) atoms. The van der Waals surface area contributed by atoms with Crippen molar-refractivity contribution in [1.82, 2.24) is 0 Å². The van der Waals surface area contributed by atoms with Crippen LogP contribution in [0.25, 0.3) is 6.08 Å². The molecule has 0 spiro atoms. The molecule has 1 aromatic heterocycles. The molecule has 0 bridgehead atoms. The minimum atomic E-state index is -0.204. The number of halogens is 4. The van der Waals surface area contributed by atoms with Crippen molar-refractivity contribution in [2.24, 2.45) is 0 Å². The van der Waals surface area contributed by atoms with Crippen LogP contribution in [0, 0.1) is 0 Å². The van der Waals surface area contributed by atoms with Gasteiger partial charge in [-0.1, -0.05) is 50.7 Å². The van der Waals surface area contributed by atoms with Crippen molar-refractivity contribution in [1.29, 1.82) is 0 Å². The van der Waals surface area contributed by atoms with Gasteiger partial charge in [0.25, 0.3) is 0 Å². The fraction of sp³-hybridized carbons (Fsp3) is 0.0500. The van der Waals surface area contributed by atoms with E-state index in [4.69, 9.17) is 44.0 Å². The summed E-state index contributed by atoms with van der Waals surface area (Å²) in [4.78, 5) is 12.2. The number of carbonyl (C=O) groups is 1. The third-order valence-corrected chi connectivity index (χ3v) is 5.08. The number of ether oxygens (including phenoxy) is 1. The van der Waals surface area contributed by atoms with Crippen molar-refractivity contribution >= 4 is 62.6 Å². The molecule has 0 N–H and O–H groups in total. The molecule has 0 fully saturated rings. The van der Waals surface area contributed by atoms with Gasteiger partial charge in [-0.25, -0.2) is 0 Å². The maximum Gasteiger partial charge on any atom is 0.186 e. The van der Waals surface area contributed by atoms with E-state index in [-0.39, 0.29) is 12.4 Å². The van der Waals surface area contributed by atoms with E-state index in [1.807, 2.05) is 6.07 Å². The predicted octanol–water partition coefficient (Wildman–Crippen LogP) is 7.48. The first-order chi connectivity index (χ1) is 12.9. The van der Waals surface area contributed by atoms with Crippen LogP contribution in [-0.2, 0) is 6.61 Å². The predicted molar refractivity (Wildman–Crippen MR) is 112 cm³/mol. The number of carbonyl (C=O) groups excluding carboxylic acids is 1. The van der Waals surface area contributed by atoms with Gasteiger partial charge in [0.1, 0.15) is 23.9 Å². The smallest absolute Gasteiger partial charge is 0.186 e. The zero-order valence-electron chi connectivity index (χ0n) is 13.7. The van der Waals surface area contributed by atoms with Gasteiger partial charge in [0, 0.05) is 10.0 Å². The summed E-state index contributed by atoms with van der Waals surface area (Å²) in [7, 11) is 0. The molecule has 2 aromatic carbocycles. The molecule has 0 aliphatic rings. The van der Waals surface area contributed by atoms with E-state index in [0.717, 1.165) is 4.47 Å². The normalized spacial score (nSPS) is 11.1. The summed E-state index contributed by atoms with van der Waals surface area (Å²) in [5.74, 6) is 1.49. The zero-order chi connectivity index (χ0) is 19.4. The van der Waals surface area contributed by atoms with E-state index in [0.29, 0.717) is 37.9 Å². The third-order valence-electron chi connectivity index (χ3n) is 3.55. The van der Waals surface area contributed by atoms with E-state index in [1.165, 1.54) is 12.1 Å². The van der Waals surface area contributed by atoms with Crippen molar-refractivity contribution in [2.75, 3.05) is 0 Å². The second-order valence-electron chi connectivity index (χ2n) is 5.49. The first-order valence-electron chi connectivity index (χ1n) is 7.76. The van der Waals surface area contributed by atoms with Crippen LogP contribution in [-0.4, -0.2) is 5.78 Å². The van der Waals surface area contributed by atoms with E-state index >= 15 is 0 Å². The molecule has 0 unspecified atom stereocenters. The maximum absolute atomic E-state index is 12.2. The zero-order valence-corrected chi connectivity index (χ0v) is 17.6. The van der Waals surface area contributed by atoms with Crippen LogP contribution in [0.2, 0.25) is 15.1 Å². The molecule has 0 aliphatic heterocycles. The number of hydrogen-bond acceptors (Lipinski definition) is 3. The molecule has 0 radical (unpaired) electrons. The number of rotatable bonds is 6. The maximum atomic E-state index is 12.2. The van der Waals surface area contributed by atoms with Crippen LogP contribution < -0.4 is 4.74 Å². The van der Waals surface area contributed by atoms with Gasteiger partial charge >= 0.3 is 0 Å². The van der Waals surface area contributed by atoms with E-state index in [9.17, 15) is 4.79 Å². The van der Waals surface area contributed by atoms with Gasteiger partial charge in [0.2, 0.25) is 0 Å². The van der Waals surface area contributed by atoms with E-state index in [1.54, 1.807) is 42.5 Å². The lowest BCUT2D eigenvalue weighted by Gasteiger charge is -2.06. The number of hydrogen-bond donors (Lipinski definition) is 0. The molecule has 3 aromatic rings. The van der Waals surface area contributed by atoms with Crippen LogP contribution in [0.15, 0.2) is 63.5 Å². The van der Waals surface area contributed by atoms with Crippen molar-refractivity contribution in [3.8, 4) is 5.75 Å². The van der Waals surface area contributed by atoms with Gasteiger partial charge in [0.15, 0.2) is 5.78 Å². The SMILES string of the molecule is O=C(/C=C/c1ccc(COc2ccc(Br)cc2Cl)o1)c1ccc(Cl)c(Cl)c1. The second kappa shape index (κ2) is 8.98. The summed E-state index contributed by atoms with van der Waals surface area (Å²) in [6.07, 6.45) is 3.00. The number of ketones is 1. The molecule has 0 atom stereocenters. The Bertz CT molecular complexity index is 1010. The molecule has 0 saturated carbocycles. The fourth-order valence-corrected chi connectivity index (χ4v) is 3.23. The second-order valence-corrected chi connectivity index (χ2v) is 7.63. The summed E-state index contributed by atoms with van der Waals surface area (Å²) in [6, 6.07) is 13.6. The first kappa shape index (κ1) is 20.0. The first-order valence-corrected chi connectivity index (χ1v) is 9.69. The highest BCUT2D eigenvalue weighted by atomic mass is 79.9. The lowest BCUT2D eigenvalue weighted by Crippen LogP contribution is -1.94. The molecule has 1 heterocycles.